The van der Waals surface area contributed by atoms with Crippen molar-refractivity contribution < 1.29 is 10.2 Å². The van der Waals surface area contributed by atoms with E-state index in [0.717, 1.165) is 19.3 Å². The molecule has 0 aliphatic heterocycles. The van der Waals surface area contributed by atoms with Gasteiger partial charge in [0.1, 0.15) is 0 Å². The van der Waals surface area contributed by atoms with E-state index in [2.05, 4.69) is 6.92 Å². The summed E-state index contributed by atoms with van der Waals surface area (Å²) in [6, 6.07) is 0. The second-order valence-electron chi connectivity index (χ2n) is 3.88. The topological polar surface area (TPSA) is 40.5 Å². The number of hydrogen-bond donors (Lipinski definition) is 2. The van der Waals surface area contributed by atoms with Crippen molar-refractivity contribution in [3.8, 4) is 0 Å². The summed E-state index contributed by atoms with van der Waals surface area (Å²) < 4.78 is 0. The Morgan fingerprint density at radius 1 is 1.38 bits per heavy atom. The molecule has 2 heteroatoms. The van der Waals surface area contributed by atoms with Gasteiger partial charge in [-0.15, -0.1) is 0 Å². The number of aliphatic hydroxyl groups excluding tert-OH is 2. The van der Waals surface area contributed by atoms with Crippen LogP contribution in [0.2, 0.25) is 0 Å². The van der Waals surface area contributed by atoms with Gasteiger partial charge in [-0.3, -0.25) is 0 Å². The van der Waals surface area contributed by atoms with Crippen molar-refractivity contribution in [3.05, 3.63) is 11.6 Å². The minimum atomic E-state index is -0.620. The van der Waals surface area contributed by atoms with Crippen LogP contribution in [0.5, 0.6) is 0 Å². The van der Waals surface area contributed by atoms with Gasteiger partial charge >= 0.3 is 0 Å². The Hall–Kier alpha value is -0.340. The molecule has 76 valence electrons. The number of hydrogen-bond acceptors (Lipinski definition) is 2. The molecule has 0 aromatic carbocycles. The molecule has 0 amide bonds. The normalized spacial score (nSPS) is 28.7. The summed E-state index contributed by atoms with van der Waals surface area (Å²) in [7, 11) is 0. The monoisotopic (exact) mass is 184 g/mol. The average Bonchev–Trinajstić information content (AvgIpc) is 2.12. The van der Waals surface area contributed by atoms with E-state index in [9.17, 15) is 10.2 Å². The van der Waals surface area contributed by atoms with E-state index < -0.39 is 12.2 Å². The van der Waals surface area contributed by atoms with Crippen molar-refractivity contribution in [2.24, 2.45) is 0 Å². The molecule has 0 radical (unpaired) electrons. The minimum Gasteiger partial charge on any atom is -0.390 e. The predicted molar refractivity (Wildman–Crippen MR) is 53.5 cm³/mol. The van der Waals surface area contributed by atoms with Crippen molar-refractivity contribution in [3.63, 3.8) is 0 Å². The van der Waals surface area contributed by atoms with Crippen LogP contribution in [0.1, 0.15) is 45.4 Å². The van der Waals surface area contributed by atoms with Crippen LogP contribution in [0, 0.1) is 0 Å². The molecule has 0 bridgehead atoms. The van der Waals surface area contributed by atoms with Crippen molar-refractivity contribution in [1.82, 2.24) is 0 Å². The Balaban J connectivity index is 2.30. The minimum absolute atomic E-state index is 0.532. The molecule has 0 saturated carbocycles. The van der Waals surface area contributed by atoms with E-state index in [1.807, 2.05) is 6.08 Å². The maximum Gasteiger partial charge on any atom is 0.0982 e. The van der Waals surface area contributed by atoms with Gasteiger partial charge in [-0.1, -0.05) is 31.4 Å². The third-order valence-corrected chi connectivity index (χ3v) is 2.66. The summed E-state index contributed by atoms with van der Waals surface area (Å²) in [4.78, 5) is 0. The van der Waals surface area contributed by atoms with Gasteiger partial charge in [-0.05, 0) is 25.7 Å². The first-order valence-electron chi connectivity index (χ1n) is 5.29. The van der Waals surface area contributed by atoms with Gasteiger partial charge in [0.05, 0.1) is 12.2 Å². The van der Waals surface area contributed by atoms with Gasteiger partial charge < -0.3 is 10.2 Å². The quantitative estimate of drug-likeness (QED) is 0.518. The molecule has 1 aliphatic carbocycles. The molecule has 2 N–H and O–H groups in total. The van der Waals surface area contributed by atoms with Gasteiger partial charge in [0, 0.05) is 0 Å². The molecule has 1 aliphatic rings. The number of rotatable bonds is 4. The highest BCUT2D eigenvalue weighted by Gasteiger charge is 2.19. The molecular weight excluding hydrogens is 164 g/mol. The third kappa shape index (κ3) is 3.49. The molecule has 1 rings (SSSR count). The Labute approximate surface area is 80.3 Å². The maximum atomic E-state index is 9.38. The lowest BCUT2D eigenvalue weighted by Gasteiger charge is -2.22. The van der Waals surface area contributed by atoms with Crippen LogP contribution in [0.15, 0.2) is 11.6 Å². The number of aliphatic hydroxyl groups is 2. The summed E-state index contributed by atoms with van der Waals surface area (Å²) in [6.07, 6.45) is 7.17. The second-order valence-corrected chi connectivity index (χ2v) is 3.88. The molecule has 13 heavy (non-hydrogen) atoms. The Morgan fingerprint density at radius 2 is 2.15 bits per heavy atom. The standard InChI is InChI=1S/C11H20O2/c1-2-3-4-5-9-6-7-10(12)11(13)8-9/h8,10-13H,2-7H2,1H3. The van der Waals surface area contributed by atoms with Crippen LogP contribution < -0.4 is 0 Å². The fraction of sp³-hybridized carbons (Fsp3) is 0.818. The maximum absolute atomic E-state index is 9.38. The first-order valence-corrected chi connectivity index (χ1v) is 5.29. The van der Waals surface area contributed by atoms with E-state index in [0.29, 0.717) is 0 Å². The molecule has 0 heterocycles. The molecule has 2 nitrogen and oxygen atoms in total. The fourth-order valence-electron chi connectivity index (χ4n) is 1.75. The molecule has 0 spiro atoms. The van der Waals surface area contributed by atoms with Crippen LogP contribution in [-0.2, 0) is 0 Å². The SMILES string of the molecule is CCCCCC1=CC(O)C(O)CC1. The molecule has 0 aromatic rings. The summed E-state index contributed by atoms with van der Waals surface area (Å²) in [5.41, 5.74) is 1.33. The number of allylic oxidation sites excluding steroid dienone is 1. The van der Waals surface area contributed by atoms with Crippen molar-refractivity contribution >= 4 is 0 Å². The highest BCUT2D eigenvalue weighted by Crippen LogP contribution is 2.22. The van der Waals surface area contributed by atoms with E-state index in [4.69, 9.17) is 0 Å². The average molecular weight is 184 g/mol. The van der Waals surface area contributed by atoms with Crippen molar-refractivity contribution in [1.29, 1.82) is 0 Å². The molecule has 0 aromatic heterocycles. The van der Waals surface area contributed by atoms with Crippen molar-refractivity contribution in [2.45, 2.75) is 57.7 Å². The predicted octanol–water partition coefficient (Wildman–Crippen LogP) is 2.01. The Bertz CT molecular complexity index is 175. The van der Waals surface area contributed by atoms with Gasteiger partial charge in [-0.2, -0.15) is 0 Å². The lowest BCUT2D eigenvalue weighted by molar-refractivity contribution is 0.0368. The van der Waals surface area contributed by atoms with Crippen LogP contribution in [-0.4, -0.2) is 22.4 Å². The van der Waals surface area contributed by atoms with Crippen LogP contribution in [0.4, 0.5) is 0 Å². The van der Waals surface area contributed by atoms with Crippen LogP contribution in [0.3, 0.4) is 0 Å². The third-order valence-electron chi connectivity index (χ3n) is 2.66. The summed E-state index contributed by atoms with van der Waals surface area (Å²) in [6.45, 7) is 2.19. The molecule has 2 atom stereocenters. The molecule has 0 fully saturated rings. The first kappa shape index (κ1) is 10.7. The zero-order chi connectivity index (χ0) is 9.68. The van der Waals surface area contributed by atoms with Gasteiger partial charge in [0.2, 0.25) is 0 Å². The molecule has 0 saturated heterocycles. The highest BCUT2D eigenvalue weighted by molar-refractivity contribution is 5.10. The van der Waals surface area contributed by atoms with Crippen LogP contribution >= 0.6 is 0 Å². The first-order chi connectivity index (χ1) is 6.24. The second kappa shape index (κ2) is 5.40. The van der Waals surface area contributed by atoms with E-state index in [1.54, 1.807) is 0 Å². The summed E-state index contributed by atoms with van der Waals surface area (Å²) in [5.74, 6) is 0. The van der Waals surface area contributed by atoms with Gasteiger partial charge in [-0.25, -0.2) is 0 Å². The molecule has 2 unspecified atom stereocenters. The Kier molecular flexibility index (Phi) is 4.46. The lowest BCUT2D eigenvalue weighted by atomic mass is 9.92. The zero-order valence-corrected chi connectivity index (χ0v) is 8.37. The smallest absolute Gasteiger partial charge is 0.0982 e. The van der Waals surface area contributed by atoms with Gasteiger partial charge in [0.15, 0.2) is 0 Å². The summed E-state index contributed by atoms with van der Waals surface area (Å²) in [5, 5.41) is 18.7. The van der Waals surface area contributed by atoms with Crippen LogP contribution in [0.25, 0.3) is 0 Å². The van der Waals surface area contributed by atoms with E-state index in [1.165, 1.54) is 24.8 Å². The fourth-order valence-corrected chi connectivity index (χ4v) is 1.75. The largest absolute Gasteiger partial charge is 0.390 e. The van der Waals surface area contributed by atoms with Gasteiger partial charge in [0.25, 0.3) is 0 Å². The van der Waals surface area contributed by atoms with Crippen molar-refractivity contribution in [2.75, 3.05) is 0 Å². The Morgan fingerprint density at radius 3 is 2.77 bits per heavy atom. The van der Waals surface area contributed by atoms with E-state index >= 15 is 0 Å². The molecular formula is C11H20O2. The lowest BCUT2D eigenvalue weighted by Crippen LogP contribution is -2.27. The number of unbranched alkanes of at least 4 members (excludes halogenated alkanes) is 2. The van der Waals surface area contributed by atoms with E-state index in [-0.39, 0.29) is 0 Å². The highest BCUT2D eigenvalue weighted by atomic mass is 16.3. The zero-order valence-electron chi connectivity index (χ0n) is 8.37. The summed E-state index contributed by atoms with van der Waals surface area (Å²) >= 11 is 0.